The predicted octanol–water partition coefficient (Wildman–Crippen LogP) is 2.35. The van der Waals surface area contributed by atoms with Gasteiger partial charge in [0.1, 0.15) is 0 Å². The minimum atomic E-state index is -1.68. The molecular weight excluding hydrogens is 193 g/mol. The normalized spacial score (nSPS) is 33.2. The number of amides is 1. The van der Waals surface area contributed by atoms with E-state index in [0.717, 1.165) is 19.3 Å². The van der Waals surface area contributed by atoms with Crippen molar-refractivity contribution in [2.45, 2.75) is 44.2 Å². The van der Waals surface area contributed by atoms with E-state index < -0.39 is 11.6 Å². The van der Waals surface area contributed by atoms with Crippen LogP contribution < -0.4 is 5.32 Å². The Morgan fingerprint density at radius 3 is 2.53 bits per heavy atom. The Labute approximate surface area is 89.9 Å². The van der Waals surface area contributed by atoms with Crippen molar-refractivity contribution in [1.82, 2.24) is 5.32 Å². The van der Waals surface area contributed by atoms with E-state index >= 15 is 0 Å². The minimum Gasteiger partial charge on any atom is -0.356 e. The van der Waals surface area contributed by atoms with Gasteiger partial charge in [0.05, 0.1) is 0 Å². The molecule has 0 aliphatic heterocycles. The van der Waals surface area contributed by atoms with Crippen molar-refractivity contribution in [1.29, 1.82) is 0 Å². The first-order chi connectivity index (χ1) is 7.10. The summed E-state index contributed by atoms with van der Waals surface area (Å²) in [7, 11) is 1.51. The second kappa shape index (κ2) is 3.62. The van der Waals surface area contributed by atoms with E-state index in [1.807, 2.05) is 12.2 Å². The number of rotatable bonds is 1. The molecule has 2 rings (SSSR count). The van der Waals surface area contributed by atoms with Crippen LogP contribution in [-0.2, 0) is 4.79 Å². The van der Waals surface area contributed by atoms with Crippen LogP contribution >= 0.6 is 0 Å². The van der Waals surface area contributed by atoms with Gasteiger partial charge >= 0.3 is 0 Å². The molecule has 0 radical (unpaired) electrons. The first kappa shape index (κ1) is 10.7. The highest BCUT2D eigenvalue weighted by Gasteiger charge is 2.48. The van der Waals surface area contributed by atoms with Crippen molar-refractivity contribution in [3.05, 3.63) is 12.2 Å². The molecule has 0 aromatic rings. The van der Waals surface area contributed by atoms with E-state index in [0.29, 0.717) is 6.42 Å². The van der Waals surface area contributed by atoms with Crippen LogP contribution in [0.1, 0.15) is 38.5 Å². The van der Waals surface area contributed by atoms with Gasteiger partial charge < -0.3 is 5.32 Å². The van der Waals surface area contributed by atoms with Crippen LogP contribution in [0.15, 0.2) is 12.2 Å². The molecule has 0 unspecified atom stereocenters. The van der Waals surface area contributed by atoms with Crippen LogP contribution in [0.25, 0.3) is 0 Å². The number of allylic oxidation sites excluding steroid dienone is 2. The number of carbonyl (C=O) groups excluding carboxylic acids is 1. The molecule has 0 bridgehead atoms. The largest absolute Gasteiger partial charge is 0.356 e. The predicted molar refractivity (Wildman–Crippen MR) is 57.2 cm³/mol. The highest BCUT2D eigenvalue weighted by atomic mass is 19.1. The Hall–Kier alpha value is -0.860. The average molecular weight is 211 g/mol. The Bertz CT molecular complexity index is 296. The quantitative estimate of drug-likeness (QED) is 0.663. The fraction of sp³-hybridized carbons (Fsp3) is 0.750. The summed E-state index contributed by atoms with van der Waals surface area (Å²) in [6, 6.07) is 0. The van der Waals surface area contributed by atoms with Gasteiger partial charge in [0, 0.05) is 13.5 Å². The van der Waals surface area contributed by atoms with Crippen LogP contribution in [0.5, 0.6) is 0 Å². The zero-order valence-electron chi connectivity index (χ0n) is 9.18. The van der Waals surface area contributed by atoms with Gasteiger partial charge in [-0.3, -0.25) is 4.79 Å². The Morgan fingerprint density at radius 1 is 1.33 bits per heavy atom. The molecule has 1 N–H and O–H groups in total. The molecule has 84 valence electrons. The SMILES string of the molecule is CNC(=O)[C@@]1(F)CC=CCC2(CCC2)C1. The second-order valence-electron chi connectivity index (χ2n) is 4.95. The summed E-state index contributed by atoms with van der Waals surface area (Å²) in [5, 5.41) is 2.44. The Balaban J connectivity index is 2.18. The molecule has 0 heterocycles. The molecule has 2 aliphatic carbocycles. The van der Waals surface area contributed by atoms with Gasteiger partial charge in [-0.25, -0.2) is 4.39 Å². The van der Waals surface area contributed by atoms with Gasteiger partial charge in [0.15, 0.2) is 5.67 Å². The van der Waals surface area contributed by atoms with Crippen molar-refractivity contribution in [2.75, 3.05) is 7.05 Å². The molecule has 2 nitrogen and oxygen atoms in total. The monoisotopic (exact) mass is 211 g/mol. The maximum absolute atomic E-state index is 14.5. The average Bonchev–Trinajstić information content (AvgIpc) is 2.36. The van der Waals surface area contributed by atoms with E-state index in [1.54, 1.807) is 0 Å². The number of nitrogens with one attached hydrogen (secondary N) is 1. The number of hydrogen-bond donors (Lipinski definition) is 1. The molecule has 1 fully saturated rings. The maximum Gasteiger partial charge on any atom is 0.257 e. The fourth-order valence-electron chi connectivity index (χ4n) is 2.80. The van der Waals surface area contributed by atoms with Crippen LogP contribution in [0.2, 0.25) is 0 Å². The van der Waals surface area contributed by atoms with Crippen molar-refractivity contribution >= 4 is 5.91 Å². The lowest BCUT2D eigenvalue weighted by Crippen LogP contribution is -2.46. The van der Waals surface area contributed by atoms with Gasteiger partial charge in [0.2, 0.25) is 0 Å². The molecule has 1 amide bonds. The third-order valence-corrected chi connectivity index (χ3v) is 3.86. The lowest BCUT2D eigenvalue weighted by Gasteiger charge is -2.43. The molecule has 2 aliphatic rings. The van der Waals surface area contributed by atoms with E-state index in [4.69, 9.17) is 0 Å². The number of carbonyl (C=O) groups is 1. The molecule has 0 aromatic carbocycles. The molecule has 1 saturated carbocycles. The molecule has 0 saturated heterocycles. The van der Waals surface area contributed by atoms with E-state index in [2.05, 4.69) is 5.32 Å². The van der Waals surface area contributed by atoms with Gasteiger partial charge in [-0.05, 0) is 31.1 Å². The van der Waals surface area contributed by atoms with Gasteiger partial charge in [-0.15, -0.1) is 0 Å². The van der Waals surface area contributed by atoms with Crippen LogP contribution in [-0.4, -0.2) is 18.6 Å². The zero-order valence-corrected chi connectivity index (χ0v) is 9.18. The minimum absolute atomic E-state index is 0.0776. The molecular formula is C12H18FNO. The summed E-state index contributed by atoms with van der Waals surface area (Å²) in [6.07, 6.45) is 8.75. The summed E-state index contributed by atoms with van der Waals surface area (Å²) in [4.78, 5) is 11.5. The molecule has 0 aromatic heterocycles. The first-order valence-electron chi connectivity index (χ1n) is 5.66. The number of alkyl halides is 1. The first-order valence-corrected chi connectivity index (χ1v) is 5.66. The summed E-state index contributed by atoms with van der Waals surface area (Å²) in [5.74, 6) is -0.458. The third kappa shape index (κ3) is 1.80. The van der Waals surface area contributed by atoms with E-state index in [-0.39, 0.29) is 11.8 Å². The molecule has 1 atom stereocenters. The zero-order chi connectivity index (χ0) is 10.9. The standard InChI is InChI=1S/C12H18FNO/c1-14-10(15)12(13)8-3-2-5-11(9-12)6-4-7-11/h2-3H,4-9H2,1H3,(H,14,15)/t12-/m1/s1. The lowest BCUT2D eigenvalue weighted by molar-refractivity contribution is -0.135. The summed E-state index contributed by atoms with van der Waals surface area (Å²) in [5.41, 5.74) is -1.60. The van der Waals surface area contributed by atoms with Gasteiger partial charge in [-0.1, -0.05) is 18.6 Å². The van der Waals surface area contributed by atoms with E-state index in [9.17, 15) is 9.18 Å². The highest BCUT2D eigenvalue weighted by Crippen LogP contribution is 2.52. The molecule has 15 heavy (non-hydrogen) atoms. The summed E-state index contributed by atoms with van der Waals surface area (Å²) >= 11 is 0. The molecule has 3 heteroatoms. The van der Waals surface area contributed by atoms with Crippen molar-refractivity contribution < 1.29 is 9.18 Å². The van der Waals surface area contributed by atoms with Crippen molar-refractivity contribution in [2.24, 2.45) is 5.41 Å². The highest BCUT2D eigenvalue weighted by molar-refractivity contribution is 5.85. The van der Waals surface area contributed by atoms with Crippen LogP contribution in [0.3, 0.4) is 0 Å². The molecule has 1 spiro atoms. The Morgan fingerprint density at radius 2 is 2.00 bits per heavy atom. The van der Waals surface area contributed by atoms with Gasteiger partial charge in [-0.2, -0.15) is 0 Å². The topological polar surface area (TPSA) is 29.1 Å². The maximum atomic E-state index is 14.5. The van der Waals surface area contributed by atoms with Crippen molar-refractivity contribution in [3.8, 4) is 0 Å². The van der Waals surface area contributed by atoms with Gasteiger partial charge in [0.25, 0.3) is 5.91 Å². The number of halogens is 1. The Kier molecular flexibility index (Phi) is 2.57. The number of hydrogen-bond acceptors (Lipinski definition) is 1. The van der Waals surface area contributed by atoms with Crippen LogP contribution in [0.4, 0.5) is 4.39 Å². The third-order valence-electron chi connectivity index (χ3n) is 3.86. The van der Waals surface area contributed by atoms with Crippen LogP contribution in [0, 0.1) is 5.41 Å². The van der Waals surface area contributed by atoms with E-state index in [1.165, 1.54) is 13.5 Å². The fourth-order valence-corrected chi connectivity index (χ4v) is 2.80. The summed E-state index contributed by atoms with van der Waals surface area (Å²) in [6.45, 7) is 0. The summed E-state index contributed by atoms with van der Waals surface area (Å²) < 4.78 is 14.5. The van der Waals surface area contributed by atoms with Crippen molar-refractivity contribution in [3.63, 3.8) is 0 Å². The second-order valence-corrected chi connectivity index (χ2v) is 4.95. The lowest BCUT2D eigenvalue weighted by atomic mass is 9.62. The smallest absolute Gasteiger partial charge is 0.257 e.